The number of aryl methyl sites for hydroxylation is 2. The van der Waals surface area contributed by atoms with E-state index < -0.39 is 29.1 Å². The standard InChI is InChI=1S/C16H20F3N5O3/c1-3-24-13(16(17,18)19)11(9-20-24)21-14(25)22-15(4-6-26-7-5-15)12-8-10(2)23-27-12/h8-9H,3-7H2,1-2H3,(H2,21,22,25). The van der Waals surface area contributed by atoms with Gasteiger partial charge in [-0.1, -0.05) is 5.16 Å². The third-order valence-corrected chi connectivity index (χ3v) is 4.45. The molecule has 2 aromatic rings. The highest BCUT2D eigenvalue weighted by Gasteiger charge is 2.41. The molecule has 1 aliphatic heterocycles. The van der Waals surface area contributed by atoms with E-state index in [9.17, 15) is 18.0 Å². The number of nitrogens with one attached hydrogen (secondary N) is 2. The molecule has 11 heteroatoms. The molecule has 1 fully saturated rings. The normalized spacial score (nSPS) is 16.9. The van der Waals surface area contributed by atoms with Gasteiger partial charge in [-0.2, -0.15) is 18.3 Å². The Hall–Kier alpha value is -2.56. The highest BCUT2D eigenvalue weighted by molar-refractivity contribution is 5.90. The fraction of sp³-hybridized carbons (Fsp3) is 0.562. The van der Waals surface area contributed by atoms with Crippen LogP contribution in [0.4, 0.5) is 23.7 Å². The maximum absolute atomic E-state index is 13.3. The van der Waals surface area contributed by atoms with E-state index in [0.29, 0.717) is 37.5 Å². The zero-order chi connectivity index (χ0) is 19.7. The Balaban J connectivity index is 1.83. The third kappa shape index (κ3) is 3.92. The van der Waals surface area contributed by atoms with Crippen molar-refractivity contribution in [3.05, 3.63) is 29.4 Å². The highest BCUT2D eigenvalue weighted by Crippen LogP contribution is 2.36. The molecule has 1 aliphatic rings. The monoisotopic (exact) mass is 387 g/mol. The van der Waals surface area contributed by atoms with Crippen LogP contribution in [0.1, 0.15) is 36.9 Å². The Kier molecular flexibility index (Phi) is 5.13. The van der Waals surface area contributed by atoms with E-state index in [-0.39, 0.29) is 6.54 Å². The molecule has 1 saturated heterocycles. The first-order chi connectivity index (χ1) is 12.7. The lowest BCUT2D eigenvalue weighted by Gasteiger charge is -2.35. The van der Waals surface area contributed by atoms with Crippen molar-refractivity contribution in [2.45, 2.75) is 44.9 Å². The molecule has 3 heterocycles. The summed E-state index contributed by atoms with van der Waals surface area (Å²) in [5.74, 6) is 0.443. The lowest BCUT2D eigenvalue weighted by molar-refractivity contribution is -0.143. The first kappa shape index (κ1) is 19.2. The van der Waals surface area contributed by atoms with E-state index in [1.807, 2.05) is 0 Å². The van der Waals surface area contributed by atoms with Crippen LogP contribution in [0.25, 0.3) is 0 Å². The van der Waals surface area contributed by atoms with Gasteiger partial charge in [-0.15, -0.1) is 0 Å². The summed E-state index contributed by atoms with van der Waals surface area (Å²) in [4.78, 5) is 12.5. The number of ether oxygens (including phenoxy) is 1. The number of nitrogens with zero attached hydrogens (tertiary/aromatic N) is 3. The Bertz CT molecular complexity index is 809. The van der Waals surface area contributed by atoms with E-state index >= 15 is 0 Å². The molecule has 0 atom stereocenters. The average Bonchev–Trinajstić information content (AvgIpc) is 3.21. The minimum absolute atomic E-state index is 0.0246. The quantitative estimate of drug-likeness (QED) is 0.841. The first-order valence-electron chi connectivity index (χ1n) is 8.49. The summed E-state index contributed by atoms with van der Waals surface area (Å²) in [5.41, 5.74) is -1.67. The van der Waals surface area contributed by atoms with Crippen LogP contribution in [0.2, 0.25) is 0 Å². The maximum Gasteiger partial charge on any atom is 0.435 e. The molecule has 0 bridgehead atoms. The molecule has 2 aromatic heterocycles. The molecule has 0 radical (unpaired) electrons. The van der Waals surface area contributed by atoms with Gasteiger partial charge in [0.2, 0.25) is 0 Å². The van der Waals surface area contributed by atoms with E-state index in [4.69, 9.17) is 9.26 Å². The Morgan fingerprint density at radius 3 is 2.63 bits per heavy atom. The average molecular weight is 387 g/mol. The summed E-state index contributed by atoms with van der Waals surface area (Å²) in [6.07, 6.45) is -2.83. The molecular formula is C16H20F3N5O3. The minimum Gasteiger partial charge on any atom is -0.381 e. The molecule has 3 rings (SSSR count). The van der Waals surface area contributed by atoms with Gasteiger partial charge >= 0.3 is 12.2 Å². The minimum atomic E-state index is -4.65. The highest BCUT2D eigenvalue weighted by atomic mass is 19.4. The fourth-order valence-electron chi connectivity index (χ4n) is 3.13. The second-order valence-corrected chi connectivity index (χ2v) is 6.33. The van der Waals surface area contributed by atoms with Crippen LogP contribution in [0.3, 0.4) is 0 Å². The molecule has 0 spiro atoms. The van der Waals surface area contributed by atoms with Crippen molar-refractivity contribution in [2.24, 2.45) is 0 Å². The predicted octanol–water partition coefficient (Wildman–Crippen LogP) is 3.05. The summed E-state index contributed by atoms with van der Waals surface area (Å²) < 4.78 is 51.4. The van der Waals surface area contributed by atoms with Gasteiger partial charge in [0.15, 0.2) is 11.5 Å². The van der Waals surface area contributed by atoms with Crippen molar-refractivity contribution in [1.82, 2.24) is 20.3 Å². The molecule has 0 aliphatic carbocycles. The van der Waals surface area contributed by atoms with Crippen LogP contribution in [-0.4, -0.2) is 34.2 Å². The Morgan fingerprint density at radius 1 is 1.37 bits per heavy atom. The van der Waals surface area contributed by atoms with Crippen molar-refractivity contribution >= 4 is 11.7 Å². The molecule has 0 saturated carbocycles. The number of amides is 2. The number of carbonyl (C=O) groups is 1. The number of alkyl halides is 3. The smallest absolute Gasteiger partial charge is 0.381 e. The van der Waals surface area contributed by atoms with Crippen molar-refractivity contribution in [3.63, 3.8) is 0 Å². The van der Waals surface area contributed by atoms with Gasteiger partial charge in [0, 0.05) is 38.7 Å². The van der Waals surface area contributed by atoms with Gasteiger partial charge in [-0.05, 0) is 13.8 Å². The topological polar surface area (TPSA) is 94.2 Å². The summed E-state index contributed by atoms with van der Waals surface area (Å²) in [6.45, 7) is 4.06. The number of halogens is 3. The van der Waals surface area contributed by atoms with Gasteiger partial charge in [0.1, 0.15) is 5.54 Å². The van der Waals surface area contributed by atoms with Crippen molar-refractivity contribution in [2.75, 3.05) is 18.5 Å². The number of carbonyl (C=O) groups excluding carboxylic acids is 1. The third-order valence-electron chi connectivity index (χ3n) is 4.45. The maximum atomic E-state index is 13.3. The van der Waals surface area contributed by atoms with E-state index in [1.54, 1.807) is 13.0 Å². The van der Waals surface area contributed by atoms with Crippen LogP contribution < -0.4 is 10.6 Å². The summed E-state index contributed by atoms with van der Waals surface area (Å²) in [7, 11) is 0. The fourth-order valence-corrected chi connectivity index (χ4v) is 3.13. The molecule has 0 aromatic carbocycles. The van der Waals surface area contributed by atoms with Crippen LogP contribution in [0, 0.1) is 6.92 Å². The van der Waals surface area contributed by atoms with Crippen molar-refractivity contribution in [3.8, 4) is 0 Å². The SMILES string of the molecule is CCn1ncc(NC(=O)NC2(c3cc(C)no3)CCOCC2)c1C(F)(F)F. The molecule has 0 unspecified atom stereocenters. The van der Waals surface area contributed by atoms with Gasteiger partial charge in [0.25, 0.3) is 0 Å². The largest absolute Gasteiger partial charge is 0.435 e. The molecular weight excluding hydrogens is 367 g/mol. The lowest BCUT2D eigenvalue weighted by atomic mass is 9.87. The van der Waals surface area contributed by atoms with E-state index in [0.717, 1.165) is 10.9 Å². The van der Waals surface area contributed by atoms with Crippen LogP contribution in [0.5, 0.6) is 0 Å². The predicted molar refractivity (Wildman–Crippen MR) is 88.0 cm³/mol. The van der Waals surface area contributed by atoms with Crippen molar-refractivity contribution in [1.29, 1.82) is 0 Å². The number of urea groups is 1. The molecule has 27 heavy (non-hydrogen) atoms. The Labute approximate surface area is 153 Å². The first-order valence-corrected chi connectivity index (χ1v) is 8.49. The van der Waals surface area contributed by atoms with Gasteiger partial charge < -0.3 is 19.9 Å². The number of hydrogen-bond acceptors (Lipinski definition) is 5. The number of hydrogen-bond donors (Lipinski definition) is 2. The van der Waals surface area contributed by atoms with Crippen LogP contribution in [-0.2, 0) is 23.0 Å². The second-order valence-electron chi connectivity index (χ2n) is 6.33. The molecule has 2 amide bonds. The second kappa shape index (κ2) is 7.22. The summed E-state index contributed by atoms with van der Waals surface area (Å²) in [6, 6.07) is 0.911. The molecule has 2 N–H and O–H groups in total. The van der Waals surface area contributed by atoms with E-state index in [1.165, 1.54) is 6.92 Å². The van der Waals surface area contributed by atoms with Gasteiger partial charge in [-0.25, -0.2) is 4.79 Å². The molecule has 148 valence electrons. The summed E-state index contributed by atoms with van der Waals surface area (Å²) in [5, 5.41) is 12.5. The number of aromatic nitrogens is 3. The zero-order valence-electron chi connectivity index (χ0n) is 14.9. The van der Waals surface area contributed by atoms with E-state index in [2.05, 4.69) is 20.9 Å². The summed E-state index contributed by atoms with van der Waals surface area (Å²) >= 11 is 0. The Morgan fingerprint density at radius 2 is 2.07 bits per heavy atom. The number of anilines is 1. The lowest BCUT2D eigenvalue weighted by Crippen LogP contribution is -2.50. The molecule has 8 nitrogen and oxygen atoms in total. The van der Waals surface area contributed by atoms with Gasteiger partial charge in [-0.3, -0.25) is 4.68 Å². The van der Waals surface area contributed by atoms with Crippen LogP contribution >= 0.6 is 0 Å². The number of rotatable bonds is 4. The van der Waals surface area contributed by atoms with Crippen molar-refractivity contribution < 1.29 is 27.2 Å². The van der Waals surface area contributed by atoms with Crippen LogP contribution in [0.15, 0.2) is 16.8 Å². The van der Waals surface area contributed by atoms with Gasteiger partial charge in [0.05, 0.1) is 17.6 Å². The zero-order valence-corrected chi connectivity index (χ0v) is 14.9.